The fourth-order valence-corrected chi connectivity index (χ4v) is 4.56. The summed E-state index contributed by atoms with van der Waals surface area (Å²) in [6.45, 7) is 5.41. The van der Waals surface area contributed by atoms with Gasteiger partial charge in [-0.3, -0.25) is 9.69 Å². The van der Waals surface area contributed by atoms with Crippen LogP contribution in [-0.4, -0.2) is 41.9 Å². The summed E-state index contributed by atoms with van der Waals surface area (Å²) in [6, 6.07) is 12.1. The van der Waals surface area contributed by atoms with Crippen molar-refractivity contribution in [2.24, 2.45) is 0 Å². The molecule has 0 bridgehead atoms. The Hall–Kier alpha value is -0.880. The predicted octanol–water partition coefficient (Wildman–Crippen LogP) is 4.68. The molecule has 1 unspecified atom stereocenters. The SMILES string of the molecule is CC(c1ccccc1Cl)N1CCN(C(=O)c2ccc(Br)s2)CC1. The number of carbonyl (C=O) groups excluding carboxylic acids is 1. The minimum atomic E-state index is 0.130. The number of carbonyl (C=O) groups is 1. The van der Waals surface area contributed by atoms with E-state index in [2.05, 4.69) is 33.8 Å². The molecule has 1 saturated heterocycles. The molecule has 1 aromatic carbocycles. The van der Waals surface area contributed by atoms with Crippen LogP contribution in [0.25, 0.3) is 0 Å². The van der Waals surface area contributed by atoms with Crippen LogP contribution in [0.3, 0.4) is 0 Å². The Bertz CT molecular complexity index is 697. The first-order valence-corrected chi connectivity index (χ1v) is 9.58. The van der Waals surface area contributed by atoms with Gasteiger partial charge in [0.25, 0.3) is 5.91 Å². The number of halogens is 2. The van der Waals surface area contributed by atoms with Gasteiger partial charge in [0.1, 0.15) is 0 Å². The number of benzene rings is 1. The molecule has 6 heteroatoms. The number of hydrogen-bond donors (Lipinski definition) is 0. The molecule has 1 atom stereocenters. The van der Waals surface area contributed by atoms with Gasteiger partial charge in [0.05, 0.1) is 8.66 Å². The van der Waals surface area contributed by atoms with Crippen molar-refractivity contribution in [1.82, 2.24) is 9.80 Å². The lowest BCUT2D eigenvalue weighted by atomic mass is 10.1. The van der Waals surface area contributed by atoms with Crippen molar-refractivity contribution in [3.8, 4) is 0 Å². The largest absolute Gasteiger partial charge is 0.335 e. The normalized spacial score (nSPS) is 17.3. The van der Waals surface area contributed by atoms with E-state index in [-0.39, 0.29) is 11.9 Å². The Balaban J connectivity index is 1.62. The lowest BCUT2D eigenvalue weighted by Gasteiger charge is -2.38. The van der Waals surface area contributed by atoms with Gasteiger partial charge in [0.2, 0.25) is 0 Å². The first-order chi connectivity index (χ1) is 11.1. The molecular weight excluding hydrogens is 396 g/mol. The molecule has 122 valence electrons. The second-order valence-electron chi connectivity index (χ2n) is 5.63. The molecule has 0 N–H and O–H groups in total. The van der Waals surface area contributed by atoms with Gasteiger partial charge in [-0.1, -0.05) is 29.8 Å². The minimum absolute atomic E-state index is 0.130. The average molecular weight is 414 g/mol. The fraction of sp³-hybridized carbons (Fsp3) is 0.353. The van der Waals surface area contributed by atoms with Gasteiger partial charge < -0.3 is 4.90 Å². The molecule has 0 spiro atoms. The zero-order valence-electron chi connectivity index (χ0n) is 12.8. The van der Waals surface area contributed by atoms with Crippen LogP contribution in [0.2, 0.25) is 5.02 Å². The summed E-state index contributed by atoms with van der Waals surface area (Å²) in [5, 5.41) is 0.807. The quantitative estimate of drug-likeness (QED) is 0.729. The van der Waals surface area contributed by atoms with Gasteiger partial charge >= 0.3 is 0 Å². The van der Waals surface area contributed by atoms with Crippen LogP contribution < -0.4 is 0 Å². The number of amides is 1. The molecule has 23 heavy (non-hydrogen) atoms. The summed E-state index contributed by atoms with van der Waals surface area (Å²) in [5.74, 6) is 0.130. The Morgan fingerprint density at radius 3 is 2.48 bits per heavy atom. The molecule has 0 saturated carbocycles. The van der Waals surface area contributed by atoms with Crippen molar-refractivity contribution in [3.05, 3.63) is 55.6 Å². The zero-order chi connectivity index (χ0) is 16.4. The van der Waals surface area contributed by atoms with Crippen LogP contribution >= 0.6 is 38.9 Å². The predicted molar refractivity (Wildman–Crippen MR) is 99.4 cm³/mol. The van der Waals surface area contributed by atoms with Gasteiger partial charge in [-0.15, -0.1) is 11.3 Å². The molecule has 2 heterocycles. The summed E-state index contributed by atoms with van der Waals surface area (Å²) in [4.78, 5) is 17.6. The van der Waals surface area contributed by atoms with E-state index in [1.807, 2.05) is 35.2 Å². The van der Waals surface area contributed by atoms with Crippen molar-refractivity contribution in [2.45, 2.75) is 13.0 Å². The summed E-state index contributed by atoms with van der Waals surface area (Å²) < 4.78 is 0.992. The highest BCUT2D eigenvalue weighted by molar-refractivity contribution is 9.11. The molecule has 0 radical (unpaired) electrons. The number of piperazine rings is 1. The van der Waals surface area contributed by atoms with E-state index in [0.717, 1.165) is 45.4 Å². The van der Waals surface area contributed by atoms with Crippen molar-refractivity contribution in [2.75, 3.05) is 26.2 Å². The van der Waals surface area contributed by atoms with E-state index in [1.165, 1.54) is 11.3 Å². The van der Waals surface area contributed by atoms with Crippen molar-refractivity contribution >= 4 is 44.8 Å². The third kappa shape index (κ3) is 3.79. The molecular formula is C17H18BrClN2OS. The van der Waals surface area contributed by atoms with Crippen molar-refractivity contribution in [3.63, 3.8) is 0 Å². The Labute approximate surface area is 154 Å². The van der Waals surface area contributed by atoms with E-state index in [9.17, 15) is 4.79 Å². The van der Waals surface area contributed by atoms with Crippen LogP contribution in [-0.2, 0) is 0 Å². The highest BCUT2D eigenvalue weighted by Crippen LogP contribution is 2.28. The lowest BCUT2D eigenvalue weighted by molar-refractivity contribution is 0.0586. The molecule has 0 aliphatic carbocycles. The Morgan fingerprint density at radius 1 is 1.17 bits per heavy atom. The summed E-state index contributed by atoms with van der Waals surface area (Å²) in [7, 11) is 0. The fourth-order valence-electron chi connectivity index (χ4n) is 2.91. The molecule has 1 aliphatic rings. The standard InChI is InChI=1S/C17H18BrClN2OS/c1-12(13-4-2-3-5-14(13)19)20-8-10-21(11-9-20)17(22)15-6-7-16(18)23-15/h2-7,12H,8-11H2,1H3. The average Bonchev–Trinajstić information content (AvgIpc) is 3.01. The van der Waals surface area contributed by atoms with Gasteiger partial charge in [-0.25, -0.2) is 0 Å². The van der Waals surface area contributed by atoms with Crippen LogP contribution in [0.5, 0.6) is 0 Å². The Kier molecular flexibility index (Phi) is 5.42. The molecule has 3 rings (SSSR count). The summed E-state index contributed by atoms with van der Waals surface area (Å²) in [6.07, 6.45) is 0. The van der Waals surface area contributed by atoms with E-state index in [0.29, 0.717) is 0 Å². The van der Waals surface area contributed by atoms with Crippen LogP contribution in [0.1, 0.15) is 28.2 Å². The third-order valence-corrected chi connectivity index (χ3v) is 6.24. The molecule has 1 aromatic heterocycles. The first-order valence-electron chi connectivity index (χ1n) is 7.59. The lowest BCUT2D eigenvalue weighted by Crippen LogP contribution is -2.49. The van der Waals surface area contributed by atoms with E-state index >= 15 is 0 Å². The van der Waals surface area contributed by atoms with Crippen LogP contribution in [0.4, 0.5) is 0 Å². The van der Waals surface area contributed by atoms with Crippen LogP contribution in [0.15, 0.2) is 40.2 Å². The van der Waals surface area contributed by atoms with Gasteiger partial charge in [-0.05, 0) is 46.6 Å². The minimum Gasteiger partial charge on any atom is -0.335 e. The van der Waals surface area contributed by atoms with E-state index in [4.69, 9.17) is 11.6 Å². The van der Waals surface area contributed by atoms with Gasteiger partial charge in [0, 0.05) is 37.2 Å². The molecule has 1 fully saturated rings. The van der Waals surface area contributed by atoms with Gasteiger partial charge in [-0.2, -0.15) is 0 Å². The number of hydrogen-bond acceptors (Lipinski definition) is 3. The number of nitrogens with zero attached hydrogens (tertiary/aromatic N) is 2. The van der Waals surface area contributed by atoms with Crippen LogP contribution in [0, 0.1) is 0 Å². The van der Waals surface area contributed by atoms with E-state index in [1.54, 1.807) is 0 Å². The van der Waals surface area contributed by atoms with Crippen molar-refractivity contribution in [1.29, 1.82) is 0 Å². The monoisotopic (exact) mass is 412 g/mol. The van der Waals surface area contributed by atoms with Crippen molar-refractivity contribution < 1.29 is 4.79 Å². The third-order valence-electron chi connectivity index (χ3n) is 4.29. The molecule has 3 nitrogen and oxygen atoms in total. The molecule has 1 amide bonds. The van der Waals surface area contributed by atoms with E-state index < -0.39 is 0 Å². The second-order valence-corrected chi connectivity index (χ2v) is 8.50. The Morgan fingerprint density at radius 2 is 1.87 bits per heavy atom. The molecule has 2 aromatic rings. The summed E-state index contributed by atoms with van der Waals surface area (Å²) in [5.41, 5.74) is 1.15. The second kappa shape index (κ2) is 7.34. The number of thiophene rings is 1. The zero-order valence-corrected chi connectivity index (χ0v) is 16.0. The molecule has 1 aliphatic heterocycles. The highest BCUT2D eigenvalue weighted by Gasteiger charge is 2.26. The maximum Gasteiger partial charge on any atom is 0.264 e. The number of rotatable bonds is 3. The summed E-state index contributed by atoms with van der Waals surface area (Å²) >= 11 is 11.2. The first kappa shape index (κ1) is 17.0. The maximum atomic E-state index is 12.5. The topological polar surface area (TPSA) is 23.6 Å². The maximum absolute atomic E-state index is 12.5. The smallest absolute Gasteiger partial charge is 0.264 e. The van der Waals surface area contributed by atoms with Gasteiger partial charge in [0.15, 0.2) is 0 Å². The highest BCUT2D eigenvalue weighted by atomic mass is 79.9.